The molecule has 182 valence electrons. The van der Waals surface area contributed by atoms with Crippen molar-refractivity contribution in [1.82, 2.24) is 5.43 Å². The average Bonchev–Trinajstić information content (AvgIpc) is 2.88. The molecular weight excluding hydrogens is 460 g/mol. The molecule has 0 spiro atoms. The number of hydrogen-bond donors (Lipinski definition) is 2. The van der Waals surface area contributed by atoms with Gasteiger partial charge in [-0.05, 0) is 61.4 Å². The molecule has 3 aromatic rings. The number of methoxy groups -OCH3 is 1. The molecule has 2 N–H and O–H groups in total. The van der Waals surface area contributed by atoms with Crippen LogP contribution in [0.3, 0.4) is 0 Å². The van der Waals surface area contributed by atoms with E-state index in [1.165, 1.54) is 7.11 Å². The first-order chi connectivity index (χ1) is 17.3. The highest BCUT2D eigenvalue weighted by Gasteiger charge is 2.16. The Bertz CT molecular complexity index is 1360. The van der Waals surface area contributed by atoms with Gasteiger partial charge in [-0.2, -0.15) is 10.4 Å². The van der Waals surface area contributed by atoms with E-state index in [0.717, 1.165) is 11.1 Å². The van der Waals surface area contributed by atoms with Crippen LogP contribution in [0, 0.1) is 18.3 Å². The van der Waals surface area contributed by atoms with Crippen LogP contribution in [-0.4, -0.2) is 30.6 Å². The largest absolute Gasteiger partial charge is 0.493 e. The second kappa shape index (κ2) is 11.9. The second-order valence-electron chi connectivity index (χ2n) is 7.69. The summed E-state index contributed by atoms with van der Waals surface area (Å²) in [5, 5.41) is 15.2. The molecule has 0 saturated heterocycles. The van der Waals surface area contributed by atoms with E-state index < -0.39 is 17.8 Å². The first-order valence-electron chi connectivity index (χ1n) is 10.9. The van der Waals surface area contributed by atoms with Gasteiger partial charge in [0.1, 0.15) is 0 Å². The molecule has 0 aromatic heterocycles. The topological polar surface area (TPSA) is 130 Å². The van der Waals surface area contributed by atoms with Crippen LogP contribution < -0.4 is 20.2 Å². The third kappa shape index (κ3) is 6.55. The number of ether oxygens (including phenoxy) is 2. The van der Waals surface area contributed by atoms with Gasteiger partial charge < -0.3 is 14.8 Å². The zero-order chi connectivity index (χ0) is 26.1. The summed E-state index contributed by atoms with van der Waals surface area (Å²) in [4.78, 5) is 36.8. The minimum atomic E-state index is -0.953. The molecule has 0 saturated carbocycles. The summed E-state index contributed by atoms with van der Waals surface area (Å²) in [6, 6.07) is 20.5. The quantitative estimate of drug-likeness (QED) is 0.173. The maximum Gasteiger partial charge on any atom is 0.343 e. The van der Waals surface area contributed by atoms with E-state index in [9.17, 15) is 14.4 Å². The zero-order valence-corrected chi connectivity index (χ0v) is 20.0. The Balaban J connectivity index is 1.64. The Labute approximate surface area is 208 Å². The van der Waals surface area contributed by atoms with Crippen molar-refractivity contribution in [1.29, 1.82) is 5.26 Å². The molecule has 0 unspecified atom stereocenters. The van der Waals surface area contributed by atoms with Crippen LogP contribution in [-0.2, 0) is 16.0 Å². The number of hydrogen-bond acceptors (Lipinski definition) is 7. The standard InChI is InChI=1S/C27H24N4O5/c1-17-6-4-5-7-22(17)27(34)36-23-13-10-20(16-24(23)35-3)18(2)30-31-26(33)25(32)29-21-11-8-19(9-12-21)14-15-28/h4-13,16H,14H2,1-3H3,(H,29,32)(H,31,33)/b30-18+. The molecule has 0 aliphatic carbocycles. The summed E-state index contributed by atoms with van der Waals surface area (Å²) in [6.45, 7) is 3.46. The Kier molecular flexibility index (Phi) is 8.51. The van der Waals surface area contributed by atoms with Crippen LogP contribution in [0.25, 0.3) is 0 Å². The summed E-state index contributed by atoms with van der Waals surface area (Å²) < 4.78 is 10.9. The number of aryl methyl sites for hydroxylation is 1. The fraction of sp³-hybridized carbons (Fsp3) is 0.148. The van der Waals surface area contributed by atoms with E-state index in [0.29, 0.717) is 28.3 Å². The molecule has 36 heavy (non-hydrogen) atoms. The van der Waals surface area contributed by atoms with Gasteiger partial charge in [-0.25, -0.2) is 10.2 Å². The number of nitriles is 1. The van der Waals surface area contributed by atoms with Crippen molar-refractivity contribution in [2.45, 2.75) is 20.3 Å². The van der Waals surface area contributed by atoms with Crippen molar-refractivity contribution in [3.8, 4) is 17.6 Å². The van der Waals surface area contributed by atoms with Crippen LogP contribution in [0.15, 0.2) is 71.8 Å². The van der Waals surface area contributed by atoms with Crippen molar-refractivity contribution >= 4 is 29.2 Å². The smallest absolute Gasteiger partial charge is 0.343 e. The molecule has 0 fully saturated rings. The summed E-state index contributed by atoms with van der Waals surface area (Å²) in [6.07, 6.45) is 0.254. The normalized spacial score (nSPS) is 10.7. The average molecular weight is 485 g/mol. The molecule has 3 rings (SSSR count). The van der Waals surface area contributed by atoms with Gasteiger partial charge in [-0.1, -0.05) is 30.3 Å². The number of carbonyl (C=O) groups is 3. The van der Waals surface area contributed by atoms with Gasteiger partial charge in [-0.3, -0.25) is 9.59 Å². The maximum absolute atomic E-state index is 12.5. The summed E-state index contributed by atoms with van der Waals surface area (Å²) in [7, 11) is 1.44. The van der Waals surface area contributed by atoms with Crippen LogP contribution in [0.5, 0.6) is 11.5 Å². The number of hydrazone groups is 1. The first-order valence-corrected chi connectivity index (χ1v) is 10.9. The van der Waals surface area contributed by atoms with Crippen molar-refractivity contribution in [2.75, 3.05) is 12.4 Å². The molecule has 0 aliphatic heterocycles. The van der Waals surface area contributed by atoms with Crippen LogP contribution >= 0.6 is 0 Å². The first kappa shape index (κ1) is 25.6. The van der Waals surface area contributed by atoms with Crippen molar-refractivity contribution < 1.29 is 23.9 Å². The van der Waals surface area contributed by atoms with Gasteiger partial charge in [0.2, 0.25) is 0 Å². The molecule has 0 radical (unpaired) electrons. The number of anilines is 1. The second-order valence-corrected chi connectivity index (χ2v) is 7.69. The molecule has 2 amide bonds. The summed E-state index contributed by atoms with van der Waals surface area (Å²) in [5.74, 6) is -1.83. The Morgan fingerprint density at radius 1 is 0.972 bits per heavy atom. The van der Waals surface area contributed by atoms with Crippen molar-refractivity contribution in [3.63, 3.8) is 0 Å². The number of carbonyl (C=O) groups excluding carboxylic acids is 3. The van der Waals surface area contributed by atoms with Crippen molar-refractivity contribution in [2.24, 2.45) is 5.10 Å². The van der Waals surface area contributed by atoms with Gasteiger partial charge in [-0.15, -0.1) is 0 Å². The molecule has 3 aromatic carbocycles. The number of nitrogens with zero attached hydrogens (tertiary/aromatic N) is 2. The lowest BCUT2D eigenvalue weighted by Gasteiger charge is -2.12. The minimum Gasteiger partial charge on any atom is -0.493 e. The highest BCUT2D eigenvalue weighted by atomic mass is 16.6. The van der Waals surface area contributed by atoms with Gasteiger partial charge in [0.25, 0.3) is 0 Å². The predicted molar refractivity (Wildman–Crippen MR) is 134 cm³/mol. The molecule has 0 atom stereocenters. The van der Waals surface area contributed by atoms with Gasteiger partial charge >= 0.3 is 17.8 Å². The highest BCUT2D eigenvalue weighted by molar-refractivity contribution is 6.39. The number of amides is 2. The van der Waals surface area contributed by atoms with Crippen LogP contribution in [0.2, 0.25) is 0 Å². The third-order valence-corrected chi connectivity index (χ3v) is 5.18. The predicted octanol–water partition coefficient (Wildman–Crippen LogP) is 3.77. The van der Waals surface area contributed by atoms with E-state index in [-0.39, 0.29) is 12.2 Å². The molecule has 9 heteroatoms. The summed E-state index contributed by atoms with van der Waals surface area (Å²) >= 11 is 0. The van der Waals surface area contributed by atoms with E-state index in [2.05, 4.69) is 15.8 Å². The Morgan fingerprint density at radius 3 is 2.36 bits per heavy atom. The fourth-order valence-electron chi connectivity index (χ4n) is 3.17. The lowest BCUT2D eigenvalue weighted by molar-refractivity contribution is -0.136. The third-order valence-electron chi connectivity index (χ3n) is 5.18. The molecule has 0 heterocycles. The number of benzene rings is 3. The monoisotopic (exact) mass is 484 g/mol. The summed E-state index contributed by atoms with van der Waals surface area (Å²) in [5.41, 5.74) is 5.63. The minimum absolute atomic E-state index is 0.228. The Morgan fingerprint density at radius 2 is 1.69 bits per heavy atom. The fourth-order valence-corrected chi connectivity index (χ4v) is 3.17. The van der Waals surface area contributed by atoms with E-state index in [1.807, 2.05) is 25.1 Å². The lowest BCUT2D eigenvalue weighted by Crippen LogP contribution is -2.32. The van der Waals surface area contributed by atoms with Crippen LogP contribution in [0.1, 0.15) is 34.0 Å². The number of rotatable bonds is 7. The molecule has 9 nitrogen and oxygen atoms in total. The molecular formula is C27H24N4O5. The molecule has 0 bridgehead atoms. The molecule has 0 aliphatic rings. The number of nitrogens with one attached hydrogen (secondary N) is 2. The number of esters is 1. The van der Waals surface area contributed by atoms with Gasteiger partial charge in [0.15, 0.2) is 11.5 Å². The van der Waals surface area contributed by atoms with Gasteiger partial charge in [0, 0.05) is 11.3 Å². The lowest BCUT2D eigenvalue weighted by atomic mass is 10.1. The zero-order valence-electron chi connectivity index (χ0n) is 20.0. The van der Waals surface area contributed by atoms with E-state index in [4.69, 9.17) is 14.7 Å². The Hall–Kier alpha value is -4.97. The van der Waals surface area contributed by atoms with Crippen molar-refractivity contribution in [3.05, 3.63) is 89.0 Å². The van der Waals surface area contributed by atoms with E-state index >= 15 is 0 Å². The van der Waals surface area contributed by atoms with Gasteiger partial charge in [0.05, 0.1) is 30.9 Å². The van der Waals surface area contributed by atoms with Crippen LogP contribution in [0.4, 0.5) is 5.69 Å². The van der Waals surface area contributed by atoms with E-state index in [1.54, 1.807) is 61.5 Å². The maximum atomic E-state index is 12.5. The SMILES string of the molecule is COc1cc(/C(C)=N/NC(=O)C(=O)Nc2ccc(CC#N)cc2)ccc1OC(=O)c1ccccc1C. The highest BCUT2D eigenvalue weighted by Crippen LogP contribution is 2.29.